The van der Waals surface area contributed by atoms with E-state index in [1.165, 1.54) is 12.8 Å². The first kappa shape index (κ1) is 12.3. The van der Waals surface area contributed by atoms with Crippen molar-refractivity contribution in [3.05, 3.63) is 0 Å². The van der Waals surface area contributed by atoms with Gasteiger partial charge in [-0.05, 0) is 32.1 Å². The van der Waals surface area contributed by atoms with Crippen LogP contribution in [-0.2, 0) is 10.0 Å². The summed E-state index contributed by atoms with van der Waals surface area (Å²) in [6, 6.07) is 0.769. The van der Waals surface area contributed by atoms with Gasteiger partial charge < -0.3 is 5.32 Å². The van der Waals surface area contributed by atoms with Crippen LogP contribution in [0.3, 0.4) is 0 Å². The lowest BCUT2D eigenvalue weighted by Gasteiger charge is -2.21. The van der Waals surface area contributed by atoms with Gasteiger partial charge in [-0.2, -0.15) is 4.31 Å². The molecule has 1 aliphatic carbocycles. The zero-order valence-electron chi connectivity index (χ0n) is 10.1. The van der Waals surface area contributed by atoms with Crippen LogP contribution in [0.4, 0.5) is 0 Å². The van der Waals surface area contributed by atoms with E-state index in [1.807, 2.05) is 6.92 Å². The molecule has 4 nitrogen and oxygen atoms in total. The summed E-state index contributed by atoms with van der Waals surface area (Å²) in [4.78, 5) is 0. The molecule has 1 saturated carbocycles. The fourth-order valence-electron chi connectivity index (χ4n) is 2.45. The zero-order chi connectivity index (χ0) is 11.8. The van der Waals surface area contributed by atoms with Crippen LogP contribution in [-0.4, -0.2) is 43.6 Å². The molecule has 2 aliphatic rings. The first-order chi connectivity index (χ1) is 7.49. The van der Waals surface area contributed by atoms with Gasteiger partial charge in [-0.1, -0.05) is 6.92 Å². The number of hydrogen-bond donors (Lipinski definition) is 1. The molecular weight excluding hydrogens is 224 g/mol. The van der Waals surface area contributed by atoms with Gasteiger partial charge in [0.1, 0.15) is 0 Å². The van der Waals surface area contributed by atoms with Crippen LogP contribution >= 0.6 is 0 Å². The van der Waals surface area contributed by atoms with Crippen LogP contribution in [0.1, 0.15) is 33.1 Å². The van der Waals surface area contributed by atoms with Crippen molar-refractivity contribution in [2.75, 3.05) is 18.8 Å². The molecule has 94 valence electrons. The van der Waals surface area contributed by atoms with Gasteiger partial charge >= 0.3 is 0 Å². The minimum absolute atomic E-state index is 0.181. The van der Waals surface area contributed by atoms with E-state index in [2.05, 4.69) is 12.2 Å². The Morgan fingerprint density at radius 3 is 2.50 bits per heavy atom. The van der Waals surface area contributed by atoms with Crippen LogP contribution in [0.5, 0.6) is 0 Å². The quantitative estimate of drug-likeness (QED) is 0.780. The first-order valence-corrected chi connectivity index (χ1v) is 7.83. The zero-order valence-corrected chi connectivity index (χ0v) is 11.0. The van der Waals surface area contributed by atoms with E-state index < -0.39 is 10.0 Å². The van der Waals surface area contributed by atoms with Gasteiger partial charge in [0.2, 0.25) is 10.0 Å². The Bertz CT molecular complexity index is 338. The van der Waals surface area contributed by atoms with Crippen LogP contribution in [0, 0.1) is 5.92 Å². The number of sulfonamides is 1. The molecule has 0 amide bonds. The normalized spacial score (nSPS) is 32.1. The molecule has 1 heterocycles. The van der Waals surface area contributed by atoms with Gasteiger partial charge in [0.15, 0.2) is 0 Å². The second kappa shape index (κ2) is 4.63. The van der Waals surface area contributed by atoms with Crippen molar-refractivity contribution >= 4 is 10.0 Å². The molecule has 1 saturated heterocycles. The monoisotopic (exact) mass is 246 g/mol. The molecule has 0 aromatic rings. The molecule has 2 rings (SSSR count). The maximum absolute atomic E-state index is 12.1. The highest BCUT2D eigenvalue weighted by molar-refractivity contribution is 7.89. The fourth-order valence-corrected chi connectivity index (χ4v) is 4.17. The SMILES string of the molecule is CC1CC(C)N(S(=O)(=O)CCNC2CC2)C1. The number of rotatable bonds is 5. The standard InChI is InChI=1S/C11H22N2O2S/c1-9-7-10(2)13(8-9)16(14,15)6-5-12-11-3-4-11/h9-12H,3-8H2,1-2H3. The molecule has 1 aliphatic heterocycles. The molecular formula is C11H22N2O2S. The van der Waals surface area contributed by atoms with Gasteiger partial charge in [0.25, 0.3) is 0 Å². The smallest absolute Gasteiger partial charge is 0.215 e. The summed E-state index contributed by atoms with van der Waals surface area (Å²) in [6.45, 7) is 5.43. The Balaban J connectivity index is 1.85. The van der Waals surface area contributed by atoms with E-state index in [0.717, 1.165) is 6.42 Å². The molecule has 2 atom stereocenters. The molecule has 0 aromatic heterocycles. The highest BCUT2D eigenvalue weighted by Crippen LogP contribution is 2.25. The third-order valence-electron chi connectivity index (χ3n) is 3.45. The van der Waals surface area contributed by atoms with Gasteiger partial charge in [-0.15, -0.1) is 0 Å². The van der Waals surface area contributed by atoms with Gasteiger partial charge in [0, 0.05) is 25.2 Å². The summed E-state index contributed by atoms with van der Waals surface area (Å²) >= 11 is 0. The summed E-state index contributed by atoms with van der Waals surface area (Å²) in [6.07, 6.45) is 3.41. The molecule has 16 heavy (non-hydrogen) atoms. The number of nitrogens with one attached hydrogen (secondary N) is 1. The maximum atomic E-state index is 12.1. The maximum Gasteiger partial charge on any atom is 0.215 e. The van der Waals surface area contributed by atoms with Crippen molar-refractivity contribution in [2.24, 2.45) is 5.92 Å². The summed E-state index contributed by atoms with van der Waals surface area (Å²) in [5.74, 6) is 0.752. The largest absolute Gasteiger partial charge is 0.313 e. The van der Waals surface area contributed by atoms with E-state index >= 15 is 0 Å². The number of nitrogens with zero attached hydrogens (tertiary/aromatic N) is 1. The third kappa shape index (κ3) is 2.96. The molecule has 0 spiro atoms. The average Bonchev–Trinajstić information content (AvgIpc) is 2.91. The molecule has 5 heteroatoms. The van der Waals surface area contributed by atoms with E-state index in [-0.39, 0.29) is 11.8 Å². The second-order valence-corrected chi connectivity index (χ2v) is 7.35. The Labute approximate surface area is 98.4 Å². The van der Waals surface area contributed by atoms with Crippen molar-refractivity contribution in [3.63, 3.8) is 0 Å². The minimum atomic E-state index is -3.04. The third-order valence-corrected chi connectivity index (χ3v) is 5.40. The predicted octanol–water partition coefficient (Wildman–Crippen LogP) is 0.798. The summed E-state index contributed by atoms with van der Waals surface area (Å²) in [7, 11) is -3.04. The van der Waals surface area contributed by atoms with Crippen LogP contribution < -0.4 is 5.32 Å². The van der Waals surface area contributed by atoms with Crippen molar-refractivity contribution in [3.8, 4) is 0 Å². The van der Waals surface area contributed by atoms with Crippen molar-refractivity contribution in [1.82, 2.24) is 9.62 Å². The van der Waals surface area contributed by atoms with Crippen molar-refractivity contribution in [1.29, 1.82) is 0 Å². The van der Waals surface area contributed by atoms with Gasteiger partial charge in [0.05, 0.1) is 5.75 Å². The molecule has 2 fully saturated rings. The van der Waals surface area contributed by atoms with E-state index in [9.17, 15) is 8.42 Å². The highest BCUT2D eigenvalue weighted by Gasteiger charge is 2.34. The topological polar surface area (TPSA) is 49.4 Å². The molecule has 0 radical (unpaired) electrons. The highest BCUT2D eigenvalue weighted by atomic mass is 32.2. The number of hydrogen-bond acceptors (Lipinski definition) is 3. The summed E-state index contributed by atoms with van der Waals surface area (Å²) in [5, 5.41) is 3.26. The van der Waals surface area contributed by atoms with E-state index in [1.54, 1.807) is 4.31 Å². The second-order valence-electron chi connectivity index (χ2n) is 5.30. The Morgan fingerprint density at radius 1 is 1.31 bits per heavy atom. The molecule has 0 bridgehead atoms. The van der Waals surface area contributed by atoms with Crippen molar-refractivity contribution < 1.29 is 8.42 Å². The summed E-state index contributed by atoms with van der Waals surface area (Å²) in [5.41, 5.74) is 0. The molecule has 2 unspecified atom stereocenters. The Morgan fingerprint density at radius 2 is 2.00 bits per heavy atom. The van der Waals surface area contributed by atoms with Gasteiger partial charge in [-0.25, -0.2) is 8.42 Å². The van der Waals surface area contributed by atoms with Crippen LogP contribution in [0.25, 0.3) is 0 Å². The lowest BCUT2D eigenvalue weighted by molar-refractivity contribution is 0.405. The van der Waals surface area contributed by atoms with Crippen LogP contribution in [0.2, 0.25) is 0 Å². The summed E-state index contributed by atoms with van der Waals surface area (Å²) < 4.78 is 25.8. The van der Waals surface area contributed by atoms with Crippen molar-refractivity contribution in [2.45, 2.75) is 45.2 Å². The Kier molecular flexibility index (Phi) is 3.56. The molecule has 1 N–H and O–H groups in total. The van der Waals surface area contributed by atoms with Crippen LogP contribution in [0.15, 0.2) is 0 Å². The van der Waals surface area contributed by atoms with Gasteiger partial charge in [-0.3, -0.25) is 0 Å². The van der Waals surface area contributed by atoms with E-state index in [4.69, 9.17) is 0 Å². The fraction of sp³-hybridized carbons (Fsp3) is 1.00. The first-order valence-electron chi connectivity index (χ1n) is 6.22. The molecule has 0 aromatic carbocycles. The minimum Gasteiger partial charge on any atom is -0.313 e. The average molecular weight is 246 g/mol. The lowest BCUT2D eigenvalue weighted by atomic mass is 10.1. The lowest BCUT2D eigenvalue weighted by Crippen LogP contribution is -2.38. The predicted molar refractivity (Wildman–Crippen MR) is 64.8 cm³/mol. The van der Waals surface area contributed by atoms with E-state index in [0.29, 0.717) is 25.0 Å². The Hall–Kier alpha value is -0.130.